The van der Waals surface area contributed by atoms with Crippen LogP contribution in [0.5, 0.6) is 0 Å². The molecule has 0 bridgehead atoms. The molecule has 0 saturated carbocycles. The van der Waals surface area contributed by atoms with Gasteiger partial charge in [0, 0.05) is 22.3 Å². The zero-order chi connectivity index (χ0) is 45.4. The van der Waals surface area contributed by atoms with Crippen molar-refractivity contribution in [3.8, 4) is 45.6 Å². The van der Waals surface area contributed by atoms with Gasteiger partial charge in [-0.2, -0.15) is 19.9 Å². The number of aromatic nitrogens is 6. The zero-order valence-corrected chi connectivity index (χ0v) is 38.5. The van der Waals surface area contributed by atoms with Gasteiger partial charge in [0.2, 0.25) is 11.9 Å². The molecule has 9 rings (SSSR count). The van der Waals surface area contributed by atoms with Gasteiger partial charge in [0.25, 0.3) is 0 Å². The van der Waals surface area contributed by atoms with Crippen molar-refractivity contribution in [1.29, 1.82) is 0 Å². The van der Waals surface area contributed by atoms with Crippen molar-refractivity contribution in [3.05, 3.63) is 202 Å². The van der Waals surface area contributed by atoms with Crippen molar-refractivity contribution in [2.45, 2.75) is 62.3 Å². The molecule has 7 aromatic carbocycles. The van der Waals surface area contributed by atoms with Crippen LogP contribution in [0.4, 0.5) is 34.6 Å². The van der Waals surface area contributed by atoms with Crippen LogP contribution in [0.1, 0.15) is 50.1 Å². The Morgan fingerprint density at radius 2 is 0.538 bits per heavy atom. The monoisotopic (exact) mass is 848 g/mol. The van der Waals surface area contributed by atoms with E-state index in [-0.39, 0.29) is 0 Å². The maximum Gasteiger partial charge on any atom is 0.241 e. The van der Waals surface area contributed by atoms with Crippen molar-refractivity contribution in [3.63, 3.8) is 0 Å². The Morgan fingerprint density at radius 3 is 0.831 bits per heavy atom. The third-order valence-electron chi connectivity index (χ3n) is 11.8. The smallest absolute Gasteiger partial charge is 0.241 e. The molecular formula is C57H52N8. The normalized spacial score (nSPS) is 11.2. The Bertz CT molecular complexity index is 2840. The van der Waals surface area contributed by atoms with Crippen molar-refractivity contribution in [2.75, 3.05) is 9.80 Å². The van der Waals surface area contributed by atoms with Gasteiger partial charge in [-0.15, -0.1) is 0 Å². The Kier molecular flexibility index (Phi) is 11.6. The Hall–Kier alpha value is -7.84. The van der Waals surface area contributed by atoms with Gasteiger partial charge in [0.15, 0.2) is 23.3 Å². The van der Waals surface area contributed by atoms with Gasteiger partial charge >= 0.3 is 0 Å². The second-order valence-corrected chi connectivity index (χ2v) is 17.0. The molecule has 0 fully saturated rings. The summed E-state index contributed by atoms with van der Waals surface area (Å²) in [6, 6.07) is 51.6. The second kappa shape index (κ2) is 17.7. The number of anilines is 6. The fraction of sp³-hybridized carbons (Fsp3) is 0.158. The number of benzene rings is 7. The van der Waals surface area contributed by atoms with Gasteiger partial charge < -0.3 is 4.90 Å². The van der Waals surface area contributed by atoms with Crippen LogP contribution in [-0.4, -0.2) is 29.9 Å². The molecule has 2 aromatic heterocycles. The molecule has 0 spiro atoms. The van der Waals surface area contributed by atoms with Crippen LogP contribution in [0.2, 0.25) is 0 Å². The van der Waals surface area contributed by atoms with Gasteiger partial charge in [-0.05, 0) is 101 Å². The number of rotatable bonds is 10. The van der Waals surface area contributed by atoms with Crippen LogP contribution in [0.15, 0.2) is 152 Å². The number of aryl methyl sites for hydroxylation is 8. The number of nitrogens with zero attached hydrogens (tertiary/aromatic N) is 8. The topological polar surface area (TPSA) is 83.8 Å². The maximum absolute atomic E-state index is 5.35. The minimum atomic E-state index is 0.375. The molecule has 9 aromatic rings. The Labute approximate surface area is 382 Å². The van der Waals surface area contributed by atoms with E-state index >= 15 is 0 Å². The summed E-state index contributed by atoms with van der Waals surface area (Å²) in [6.45, 7) is 19.8. The van der Waals surface area contributed by atoms with E-state index in [1.54, 1.807) is 0 Å². The number of hydrogen-bond acceptors (Lipinski definition) is 8. The lowest BCUT2D eigenvalue weighted by molar-refractivity contribution is 0.956. The van der Waals surface area contributed by atoms with Gasteiger partial charge in [-0.3, -0.25) is 0 Å². The van der Waals surface area contributed by atoms with Gasteiger partial charge in [-0.1, -0.05) is 163 Å². The van der Waals surface area contributed by atoms with Crippen LogP contribution >= 0.6 is 0 Å². The highest BCUT2D eigenvalue weighted by Gasteiger charge is 2.31. The molecule has 65 heavy (non-hydrogen) atoms. The predicted octanol–water partition coefficient (Wildman–Crippen LogP) is 14.4. The Morgan fingerprint density at radius 1 is 0.277 bits per heavy atom. The average Bonchev–Trinajstić information content (AvgIpc) is 3.30. The SMILES string of the molecule is Cc1cc(C)c(N(c2c(C)cc(C)cc2C)c2c(C)cc(C)c(N(c3nc(-c4ccccc4)nc(-c4ccccc4)n3)c3nc(-c4ccccc4)nc(-c4ccccc4)n3)c2C)c(C)c1. The van der Waals surface area contributed by atoms with Crippen molar-refractivity contribution >= 4 is 34.6 Å². The summed E-state index contributed by atoms with van der Waals surface area (Å²) in [7, 11) is 0. The standard InChI is InChI=1S/C57H52N8/c1-35-30-37(3)48(38(4)31-35)64(49-39(5)32-36(2)33-40(49)6)50-41(7)34-42(8)51(43(50)9)65(56-60-52(44-22-14-10-15-23-44)58-53(61-56)45-24-16-11-17-25-45)57-62-54(46-26-18-12-19-27-46)59-55(63-57)47-28-20-13-21-29-47/h10-34H,1-9H3. The van der Waals surface area contributed by atoms with Gasteiger partial charge in [-0.25, -0.2) is 14.9 Å². The molecule has 0 radical (unpaired) electrons. The fourth-order valence-corrected chi connectivity index (χ4v) is 9.32. The van der Waals surface area contributed by atoms with Crippen LogP contribution in [0.25, 0.3) is 45.6 Å². The predicted molar refractivity (Wildman–Crippen MR) is 267 cm³/mol. The fourth-order valence-electron chi connectivity index (χ4n) is 9.32. The summed E-state index contributed by atoms with van der Waals surface area (Å²) in [5, 5.41) is 0. The molecular weight excluding hydrogens is 797 g/mol. The lowest BCUT2D eigenvalue weighted by atomic mass is 9.94. The Balaban J connectivity index is 1.41. The lowest BCUT2D eigenvalue weighted by Crippen LogP contribution is -2.23. The average molecular weight is 849 g/mol. The molecule has 0 atom stereocenters. The molecule has 8 heteroatoms. The van der Waals surface area contributed by atoms with E-state index < -0.39 is 0 Å². The van der Waals surface area contributed by atoms with Gasteiger partial charge in [0.05, 0.1) is 22.7 Å². The molecule has 0 saturated heterocycles. The molecule has 0 aliphatic carbocycles. The molecule has 0 amide bonds. The van der Waals surface area contributed by atoms with Crippen LogP contribution in [0, 0.1) is 62.3 Å². The van der Waals surface area contributed by atoms with E-state index in [2.05, 4.69) is 97.5 Å². The van der Waals surface area contributed by atoms with E-state index in [9.17, 15) is 0 Å². The molecule has 2 heterocycles. The van der Waals surface area contributed by atoms with Crippen molar-refractivity contribution < 1.29 is 0 Å². The molecule has 8 nitrogen and oxygen atoms in total. The molecule has 320 valence electrons. The van der Waals surface area contributed by atoms with Crippen LogP contribution < -0.4 is 9.80 Å². The van der Waals surface area contributed by atoms with Crippen LogP contribution in [-0.2, 0) is 0 Å². The second-order valence-electron chi connectivity index (χ2n) is 17.0. The van der Waals surface area contributed by atoms with Crippen molar-refractivity contribution in [1.82, 2.24) is 29.9 Å². The zero-order valence-electron chi connectivity index (χ0n) is 38.5. The third kappa shape index (κ3) is 8.39. The van der Waals surface area contributed by atoms with E-state index in [1.807, 2.05) is 126 Å². The largest absolute Gasteiger partial charge is 0.309 e. The van der Waals surface area contributed by atoms with Gasteiger partial charge in [0.1, 0.15) is 0 Å². The van der Waals surface area contributed by atoms with E-state index in [0.717, 1.165) is 61.7 Å². The summed E-state index contributed by atoms with van der Waals surface area (Å²) >= 11 is 0. The summed E-state index contributed by atoms with van der Waals surface area (Å²) in [6.07, 6.45) is 0. The first kappa shape index (κ1) is 42.5. The first-order chi connectivity index (χ1) is 31.4. The lowest BCUT2D eigenvalue weighted by Gasteiger charge is -2.36. The van der Waals surface area contributed by atoms with E-state index in [0.29, 0.717) is 35.2 Å². The van der Waals surface area contributed by atoms with E-state index in [1.165, 1.54) is 33.4 Å². The highest BCUT2D eigenvalue weighted by atomic mass is 15.4. The summed E-state index contributed by atoms with van der Waals surface area (Å²) < 4.78 is 0. The molecule has 0 unspecified atom stereocenters. The third-order valence-corrected chi connectivity index (χ3v) is 11.8. The first-order valence-electron chi connectivity index (χ1n) is 22.1. The minimum Gasteiger partial charge on any atom is -0.309 e. The van der Waals surface area contributed by atoms with Crippen molar-refractivity contribution in [2.24, 2.45) is 0 Å². The first-order valence-corrected chi connectivity index (χ1v) is 22.1. The quantitative estimate of drug-likeness (QED) is 0.135. The summed E-state index contributed by atoms with van der Waals surface area (Å²) in [4.78, 5) is 36.1. The highest BCUT2D eigenvalue weighted by molar-refractivity contribution is 5.91. The molecule has 0 aliphatic rings. The maximum atomic E-state index is 5.35. The number of hydrogen-bond donors (Lipinski definition) is 0. The van der Waals surface area contributed by atoms with Crippen LogP contribution in [0.3, 0.4) is 0 Å². The summed E-state index contributed by atoms with van der Waals surface area (Å²) in [5.41, 5.74) is 18.0. The molecule has 0 aliphatic heterocycles. The highest BCUT2D eigenvalue weighted by Crippen LogP contribution is 2.49. The van der Waals surface area contributed by atoms with E-state index in [4.69, 9.17) is 29.9 Å². The molecule has 0 N–H and O–H groups in total. The summed E-state index contributed by atoms with van der Waals surface area (Å²) in [5.74, 6) is 2.87. The minimum absolute atomic E-state index is 0.375.